The first kappa shape index (κ1) is 18.6. The topological polar surface area (TPSA) is 73.2 Å². The molecule has 21 heavy (non-hydrogen) atoms. The Balaban J connectivity index is 3.16. The summed E-state index contributed by atoms with van der Waals surface area (Å²) in [4.78, 5) is 0. The van der Waals surface area contributed by atoms with Crippen LogP contribution in [0.5, 0.6) is 0 Å². The van der Waals surface area contributed by atoms with Gasteiger partial charge in [0.15, 0.2) is 9.84 Å². The first-order valence-corrected chi connectivity index (χ1v) is 9.70. The van der Waals surface area contributed by atoms with Gasteiger partial charge in [-0.2, -0.15) is 5.10 Å². The van der Waals surface area contributed by atoms with Crippen LogP contribution < -0.4 is 5.32 Å². The number of methoxy groups -OCH3 is 1. The Morgan fingerprint density at radius 1 is 1.52 bits per heavy atom. The van der Waals surface area contributed by atoms with Crippen molar-refractivity contribution < 1.29 is 13.2 Å². The lowest BCUT2D eigenvalue weighted by molar-refractivity contribution is 0.181. The Labute approximate surface area is 135 Å². The van der Waals surface area contributed by atoms with E-state index >= 15 is 0 Å². The smallest absolute Gasteiger partial charge is 0.151 e. The van der Waals surface area contributed by atoms with E-state index in [-0.39, 0.29) is 6.04 Å². The summed E-state index contributed by atoms with van der Waals surface area (Å²) in [7, 11) is -1.54. The second-order valence-corrected chi connectivity index (χ2v) is 8.32. The van der Waals surface area contributed by atoms with Gasteiger partial charge in [-0.25, -0.2) is 8.42 Å². The largest absolute Gasteiger partial charge is 0.383 e. The van der Waals surface area contributed by atoms with E-state index in [9.17, 15) is 8.42 Å². The lowest BCUT2D eigenvalue weighted by atomic mass is 10.1. The van der Waals surface area contributed by atoms with Gasteiger partial charge in [-0.1, -0.05) is 6.92 Å². The van der Waals surface area contributed by atoms with Crippen molar-refractivity contribution in [1.82, 2.24) is 15.1 Å². The first-order valence-electron chi connectivity index (χ1n) is 6.95. The van der Waals surface area contributed by atoms with E-state index in [2.05, 4.69) is 26.3 Å². The summed E-state index contributed by atoms with van der Waals surface area (Å²) in [5.41, 5.74) is 0.846. The minimum Gasteiger partial charge on any atom is -0.383 e. The lowest BCUT2D eigenvalue weighted by Crippen LogP contribution is -2.37. The molecule has 1 rings (SSSR count). The number of hydrogen-bond donors (Lipinski definition) is 1. The highest BCUT2D eigenvalue weighted by Crippen LogP contribution is 2.28. The van der Waals surface area contributed by atoms with Crippen LogP contribution in [-0.4, -0.2) is 50.0 Å². The Hall–Kier alpha value is -0.440. The molecule has 122 valence electrons. The maximum atomic E-state index is 12.0. The fourth-order valence-corrected chi connectivity index (χ4v) is 3.33. The molecule has 1 N–H and O–H groups in total. The number of halogens is 1. The summed E-state index contributed by atoms with van der Waals surface area (Å²) < 4.78 is 31.6. The summed E-state index contributed by atoms with van der Waals surface area (Å²) in [6, 6.07) is -0.311. The Morgan fingerprint density at radius 3 is 2.71 bits per heavy atom. The van der Waals surface area contributed by atoms with Crippen LogP contribution in [0.3, 0.4) is 0 Å². The second kappa shape index (κ2) is 8.26. The van der Waals surface area contributed by atoms with Gasteiger partial charge < -0.3 is 10.1 Å². The quantitative estimate of drug-likeness (QED) is 0.705. The molecule has 0 amide bonds. The predicted molar refractivity (Wildman–Crippen MR) is 87.1 cm³/mol. The van der Waals surface area contributed by atoms with Gasteiger partial charge >= 0.3 is 0 Å². The molecule has 1 heterocycles. The molecule has 0 fully saturated rings. The Morgan fingerprint density at radius 2 is 2.19 bits per heavy atom. The molecule has 0 aliphatic rings. The number of ether oxygens (including phenoxy) is 1. The highest BCUT2D eigenvalue weighted by atomic mass is 79.9. The SMILES string of the molecule is CCCNC(c1c(Br)cnn1CCOC)C(C)S(C)(=O)=O. The summed E-state index contributed by atoms with van der Waals surface area (Å²) in [6.07, 6.45) is 3.89. The van der Waals surface area contributed by atoms with E-state index in [1.165, 1.54) is 6.26 Å². The number of rotatable bonds is 9. The standard InChI is InChI=1S/C13H24BrN3O3S/c1-5-6-15-12(10(2)21(4,18)19)13-11(14)9-16-17(13)7-8-20-3/h9-10,12,15H,5-8H2,1-4H3. The molecule has 2 atom stereocenters. The van der Waals surface area contributed by atoms with E-state index in [0.29, 0.717) is 13.2 Å². The number of nitrogens with one attached hydrogen (secondary N) is 1. The van der Waals surface area contributed by atoms with Crippen LogP contribution >= 0.6 is 15.9 Å². The molecule has 0 aromatic carbocycles. The van der Waals surface area contributed by atoms with E-state index < -0.39 is 15.1 Å². The number of sulfone groups is 1. The maximum Gasteiger partial charge on any atom is 0.151 e. The van der Waals surface area contributed by atoms with Crippen molar-refractivity contribution in [2.45, 2.75) is 38.1 Å². The minimum atomic E-state index is -3.17. The van der Waals surface area contributed by atoms with Crippen LogP contribution in [0, 0.1) is 0 Å². The zero-order chi connectivity index (χ0) is 16.0. The van der Waals surface area contributed by atoms with Gasteiger partial charge in [-0.15, -0.1) is 0 Å². The molecule has 0 aliphatic heterocycles. The van der Waals surface area contributed by atoms with Crippen LogP contribution in [0.4, 0.5) is 0 Å². The van der Waals surface area contributed by atoms with Gasteiger partial charge in [0.25, 0.3) is 0 Å². The molecule has 0 aliphatic carbocycles. The Kier molecular flexibility index (Phi) is 7.32. The summed E-state index contributed by atoms with van der Waals surface area (Å²) >= 11 is 3.48. The summed E-state index contributed by atoms with van der Waals surface area (Å²) in [6.45, 7) is 5.62. The molecule has 0 radical (unpaired) electrons. The van der Waals surface area contributed by atoms with Gasteiger partial charge in [-0.05, 0) is 35.8 Å². The summed E-state index contributed by atoms with van der Waals surface area (Å²) in [5.74, 6) is 0. The minimum absolute atomic E-state index is 0.311. The predicted octanol–water partition coefficient (Wildman–Crippen LogP) is 1.77. The van der Waals surface area contributed by atoms with Crippen LogP contribution in [-0.2, 0) is 21.1 Å². The van der Waals surface area contributed by atoms with Crippen molar-refractivity contribution in [3.8, 4) is 0 Å². The molecule has 0 saturated carbocycles. The van der Waals surface area contributed by atoms with E-state index in [4.69, 9.17) is 4.74 Å². The average molecular weight is 382 g/mol. The third kappa shape index (κ3) is 5.05. The summed E-state index contributed by atoms with van der Waals surface area (Å²) in [5, 5.41) is 7.08. The van der Waals surface area contributed by atoms with Crippen LogP contribution in [0.25, 0.3) is 0 Å². The monoisotopic (exact) mass is 381 g/mol. The zero-order valence-corrected chi connectivity index (χ0v) is 15.4. The van der Waals surface area contributed by atoms with Gasteiger partial charge in [-0.3, -0.25) is 4.68 Å². The molecule has 0 bridgehead atoms. The Bertz CT molecular complexity index is 545. The second-order valence-electron chi connectivity index (χ2n) is 5.06. The van der Waals surface area contributed by atoms with Gasteiger partial charge in [0, 0.05) is 13.4 Å². The van der Waals surface area contributed by atoms with Crippen molar-refractivity contribution in [2.75, 3.05) is 26.5 Å². The maximum absolute atomic E-state index is 12.0. The molecule has 8 heteroatoms. The van der Waals surface area contributed by atoms with E-state index in [0.717, 1.165) is 23.1 Å². The third-order valence-corrected chi connectivity index (χ3v) is 5.63. The van der Waals surface area contributed by atoms with E-state index in [1.54, 1.807) is 24.9 Å². The van der Waals surface area contributed by atoms with E-state index in [1.807, 2.05) is 6.92 Å². The van der Waals surface area contributed by atoms with Crippen molar-refractivity contribution in [2.24, 2.45) is 0 Å². The van der Waals surface area contributed by atoms with Gasteiger partial charge in [0.1, 0.15) is 0 Å². The molecular formula is C13H24BrN3O3S. The third-order valence-electron chi connectivity index (χ3n) is 3.39. The lowest BCUT2D eigenvalue weighted by Gasteiger charge is -2.25. The van der Waals surface area contributed by atoms with Gasteiger partial charge in [0.2, 0.25) is 0 Å². The van der Waals surface area contributed by atoms with Crippen LogP contribution in [0.15, 0.2) is 10.7 Å². The van der Waals surface area contributed by atoms with Crippen molar-refractivity contribution in [3.63, 3.8) is 0 Å². The number of nitrogens with zero attached hydrogens (tertiary/aromatic N) is 2. The number of aromatic nitrogens is 2. The zero-order valence-electron chi connectivity index (χ0n) is 13.0. The highest BCUT2D eigenvalue weighted by molar-refractivity contribution is 9.10. The molecule has 0 spiro atoms. The molecular weight excluding hydrogens is 358 g/mol. The van der Waals surface area contributed by atoms with Crippen molar-refractivity contribution in [3.05, 3.63) is 16.4 Å². The molecule has 6 nitrogen and oxygen atoms in total. The van der Waals surface area contributed by atoms with Crippen molar-refractivity contribution in [1.29, 1.82) is 0 Å². The van der Waals surface area contributed by atoms with Gasteiger partial charge in [0.05, 0.1) is 40.8 Å². The highest BCUT2D eigenvalue weighted by Gasteiger charge is 2.31. The fourth-order valence-electron chi connectivity index (χ4n) is 2.07. The van der Waals surface area contributed by atoms with Crippen molar-refractivity contribution >= 4 is 25.8 Å². The number of hydrogen-bond acceptors (Lipinski definition) is 5. The molecule has 0 saturated heterocycles. The first-order chi connectivity index (χ1) is 9.82. The van der Waals surface area contributed by atoms with Crippen LogP contribution in [0.2, 0.25) is 0 Å². The normalized spacial score (nSPS) is 15.1. The average Bonchev–Trinajstić information content (AvgIpc) is 2.77. The molecule has 1 aromatic rings. The fraction of sp³-hybridized carbons (Fsp3) is 0.769. The molecule has 2 unspecified atom stereocenters. The molecule has 1 aromatic heterocycles. The van der Waals surface area contributed by atoms with Crippen LogP contribution in [0.1, 0.15) is 32.0 Å².